The molecule has 0 radical (unpaired) electrons. The summed E-state index contributed by atoms with van der Waals surface area (Å²) in [5, 5.41) is 3.87. The molecule has 7 heteroatoms. The van der Waals surface area contributed by atoms with Gasteiger partial charge in [0.15, 0.2) is 0 Å². The number of ether oxygens (including phenoxy) is 1. The summed E-state index contributed by atoms with van der Waals surface area (Å²) < 4.78 is 29.0. The van der Waals surface area contributed by atoms with Crippen LogP contribution in [0.2, 0.25) is 4.34 Å². The molecule has 0 amide bonds. The van der Waals surface area contributed by atoms with Gasteiger partial charge in [-0.2, -0.15) is 8.78 Å². The number of hydrogen-bond donors (Lipinski definition) is 1. The van der Waals surface area contributed by atoms with Gasteiger partial charge in [-0.15, -0.1) is 11.3 Å². The molecule has 0 saturated carbocycles. The van der Waals surface area contributed by atoms with Gasteiger partial charge in [0.05, 0.1) is 12.7 Å². The first-order chi connectivity index (χ1) is 8.63. The van der Waals surface area contributed by atoms with Gasteiger partial charge in [-0.1, -0.05) is 17.7 Å². The van der Waals surface area contributed by atoms with Crippen molar-refractivity contribution >= 4 is 28.6 Å². The first kappa shape index (κ1) is 13.0. The summed E-state index contributed by atoms with van der Waals surface area (Å²) in [6, 6.07) is 6.36. The van der Waals surface area contributed by atoms with Crippen LogP contribution >= 0.6 is 22.9 Å². The Balaban J connectivity index is 1.96. The second-order valence-electron chi connectivity index (χ2n) is 3.32. The van der Waals surface area contributed by atoms with Crippen molar-refractivity contribution in [2.45, 2.75) is 13.2 Å². The highest BCUT2D eigenvalue weighted by Gasteiger charge is 2.05. The van der Waals surface area contributed by atoms with Crippen LogP contribution in [0, 0.1) is 0 Å². The number of anilines is 1. The second-order valence-corrected chi connectivity index (χ2v) is 5.06. The van der Waals surface area contributed by atoms with Crippen LogP contribution in [0.5, 0.6) is 5.75 Å². The number of hydrogen-bond acceptors (Lipinski definition) is 4. The summed E-state index contributed by atoms with van der Waals surface area (Å²) in [4.78, 5) is 4.07. The fourth-order valence-corrected chi connectivity index (χ4v) is 2.23. The summed E-state index contributed by atoms with van der Waals surface area (Å²) in [5.41, 5.74) is 0.680. The molecular weight excluding hydrogens is 282 g/mol. The highest BCUT2D eigenvalue weighted by atomic mass is 35.5. The zero-order chi connectivity index (χ0) is 13.0. The van der Waals surface area contributed by atoms with E-state index in [1.807, 2.05) is 0 Å². The monoisotopic (exact) mass is 290 g/mol. The molecule has 0 saturated heterocycles. The van der Waals surface area contributed by atoms with Crippen LogP contribution in [0.3, 0.4) is 0 Å². The van der Waals surface area contributed by atoms with E-state index >= 15 is 0 Å². The Labute approximate surface area is 111 Å². The van der Waals surface area contributed by atoms with E-state index in [4.69, 9.17) is 11.6 Å². The third-order valence-electron chi connectivity index (χ3n) is 2.03. The molecule has 1 aromatic heterocycles. The quantitative estimate of drug-likeness (QED) is 0.903. The molecule has 0 aliphatic heterocycles. The lowest BCUT2D eigenvalue weighted by molar-refractivity contribution is -0.0498. The molecule has 18 heavy (non-hydrogen) atoms. The Morgan fingerprint density at radius 1 is 1.44 bits per heavy atom. The van der Waals surface area contributed by atoms with Crippen molar-refractivity contribution in [3.05, 3.63) is 39.8 Å². The third-order valence-corrected chi connectivity index (χ3v) is 3.14. The Hall–Kier alpha value is -1.40. The molecular formula is C11H9ClF2N2OS. The maximum Gasteiger partial charge on any atom is 0.387 e. The summed E-state index contributed by atoms with van der Waals surface area (Å²) in [6.07, 6.45) is 1.57. The van der Waals surface area contributed by atoms with E-state index in [1.54, 1.807) is 18.3 Å². The van der Waals surface area contributed by atoms with Crippen LogP contribution in [0.25, 0.3) is 0 Å². The van der Waals surface area contributed by atoms with Crippen molar-refractivity contribution < 1.29 is 13.5 Å². The number of benzene rings is 1. The highest BCUT2D eigenvalue weighted by molar-refractivity contribution is 7.15. The number of nitrogens with one attached hydrogen (secondary N) is 1. The molecule has 0 spiro atoms. The minimum atomic E-state index is -2.82. The number of nitrogens with zero attached hydrogens (tertiary/aromatic N) is 1. The molecule has 0 fully saturated rings. The van der Waals surface area contributed by atoms with Gasteiger partial charge in [-0.25, -0.2) is 4.98 Å². The Morgan fingerprint density at radius 2 is 2.28 bits per heavy atom. The topological polar surface area (TPSA) is 34.1 Å². The average Bonchev–Trinajstić information content (AvgIpc) is 2.72. The van der Waals surface area contributed by atoms with Gasteiger partial charge in [0.1, 0.15) is 15.1 Å². The molecule has 0 atom stereocenters. The number of thiazole rings is 1. The van der Waals surface area contributed by atoms with Crippen LogP contribution in [0.1, 0.15) is 5.01 Å². The molecule has 96 valence electrons. The lowest BCUT2D eigenvalue weighted by Gasteiger charge is -2.08. The zero-order valence-electron chi connectivity index (χ0n) is 9.07. The largest absolute Gasteiger partial charge is 0.435 e. The third kappa shape index (κ3) is 3.82. The van der Waals surface area contributed by atoms with E-state index in [0.29, 0.717) is 16.6 Å². The van der Waals surface area contributed by atoms with Crippen molar-refractivity contribution in [1.29, 1.82) is 0 Å². The molecule has 1 heterocycles. The minimum Gasteiger partial charge on any atom is -0.435 e. The van der Waals surface area contributed by atoms with Crippen LogP contribution < -0.4 is 10.1 Å². The van der Waals surface area contributed by atoms with Gasteiger partial charge < -0.3 is 10.1 Å². The Morgan fingerprint density at radius 3 is 2.94 bits per heavy atom. The van der Waals surface area contributed by atoms with Crippen LogP contribution in [0.4, 0.5) is 14.5 Å². The SMILES string of the molecule is FC(F)Oc1cccc(NCc2ncc(Cl)s2)c1. The first-order valence-corrected chi connectivity index (χ1v) is 6.22. The molecule has 0 aliphatic carbocycles. The predicted octanol–water partition coefficient (Wildman–Crippen LogP) is 4.01. The van der Waals surface area contributed by atoms with Crippen LogP contribution in [-0.2, 0) is 6.54 Å². The second kappa shape index (κ2) is 5.97. The number of aromatic nitrogens is 1. The molecule has 3 nitrogen and oxygen atoms in total. The van der Waals surface area contributed by atoms with E-state index in [2.05, 4.69) is 15.0 Å². The maximum atomic E-state index is 12.0. The summed E-state index contributed by atoms with van der Waals surface area (Å²) >= 11 is 7.11. The van der Waals surface area contributed by atoms with Crippen molar-refractivity contribution in [2.75, 3.05) is 5.32 Å². The lowest BCUT2D eigenvalue weighted by atomic mass is 10.3. The number of rotatable bonds is 5. The number of halogens is 3. The fraction of sp³-hybridized carbons (Fsp3) is 0.182. The first-order valence-electron chi connectivity index (χ1n) is 5.02. The van der Waals surface area contributed by atoms with E-state index < -0.39 is 6.61 Å². The van der Waals surface area contributed by atoms with E-state index in [0.717, 1.165) is 5.01 Å². The molecule has 2 rings (SSSR count). The van der Waals surface area contributed by atoms with Crippen molar-refractivity contribution in [3.8, 4) is 5.75 Å². The van der Waals surface area contributed by atoms with E-state index in [9.17, 15) is 8.78 Å². The van der Waals surface area contributed by atoms with Crippen molar-refractivity contribution in [3.63, 3.8) is 0 Å². The van der Waals surface area contributed by atoms with Crippen LogP contribution in [0.15, 0.2) is 30.5 Å². The normalized spacial score (nSPS) is 10.7. The standard InChI is InChI=1S/C11H9ClF2N2OS/c12-9-5-16-10(18-9)6-15-7-2-1-3-8(4-7)17-11(13)14/h1-5,11,15H,6H2. The lowest BCUT2D eigenvalue weighted by Crippen LogP contribution is -2.03. The zero-order valence-corrected chi connectivity index (χ0v) is 10.6. The summed E-state index contributed by atoms with van der Waals surface area (Å²) in [5.74, 6) is 0.118. The minimum absolute atomic E-state index is 0.118. The van der Waals surface area contributed by atoms with Crippen molar-refractivity contribution in [1.82, 2.24) is 4.98 Å². The van der Waals surface area contributed by atoms with Gasteiger partial charge in [-0.3, -0.25) is 0 Å². The highest BCUT2D eigenvalue weighted by Crippen LogP contribution is 2.22. The average molecular weight is 291 g/mol. The van der Waals surface area contributed by atoms with Crippen molar-refractivity contribution in [2.24, 2.45) is 0 Å². The smallest absolute Gasteiger partial charge is 0.387 e. The Bertz CT molecular complexity index is 521. The molecule has 1 aromatic carbocycles. The van der Waals surface area contributed by atoms with Gasteiger partial charge in [0, 0.05) is 11.8 Å². The van der Waals surface area contributed by atoms with Crippen LogP contribution in [-0.4, -0.2) is 11.6 Å². The molecule has 0 aliphatic rings. The van der Waals surface area contributed by atoms with E-state index in [1.165, 1.54) is 23.5 Å². The fourth-order valence-electron chi connectivity index (χ4n) is 1.33. The van der Waals surface area contributed by atoms with Gasteiger partial charge in [-0.05, 0) is 12.1 Å². The predicted molar refractivity (Wildman–Crippen MR) is 67.5 cm³/mol. The van der Waals surface area contributed by atoms with E-state index in [-0.39, 0.29) is 5.75 Å². The van der Waals surface area contributed by atoms with Gasteiger partial charge in [0.25, 0.3) is 0 Å². The molecule has 2 aromatic rings. The Kier molecular flexibility index (Phi) is 4.33. The molecule has 0 unspecified atom stereocenters. The number of alkyl halides is 2. The van der Waals surface area contributed by atoms with Gasteiger partial charge >= 0.3 is 6.61 Å². The summed E-state index contributed by atoms with van der Waals surface area (Å²) in [6.45, 7) is -2.34. The summed E-state index contributed by atoms with van der Waals surface area (Å²) in [7, 11) is 0. The molecule has 1 N–H and O–H groups in total. The maximum absolute atomic E-state index is 12.0. The van der Waals surface area contributed by atoms with Gasteiger partial charge in [0.2, 0.25) is 0 Å². The molecule has 0 bridgehead atoms.